The van der Waals surface area contributed by atoms with Gasteiger partial charge in [-0.1, -0.05) is 20.8 Å². The highest BCUT2D eigenvalue weighted by Gasteiger charge is 2.66. The molecule has 0 amide bonds. The Hall–Kier alpha value is -1.36. The molecule has 4 aliphatic rings. The number of aliphatic hydroxyl groups is 1. The number of hydrogen-bond acceptors (Lipinski definition) is 5. The molecule has 26 heavy (non-hydrogen) atoms. The molecule has 4 rings (SSSR count). The van der Waals surface area contributed by atoms with Crippen molar-refractivity contribution in [3.8, 4) is 0 Å². The number of fused-ring (bicyclic) bond motifs is 3. The van der Waals surface area contributed by atoms with E-state index in [0.29, 0.717) is 24.4 Å². The predicted octanol–water partition coefficient (Wildman–Crippen LogP) is 3.15. The van der Waals surface area contributed by atoms with Crippen molar-refractivity contribution in [2.24, 2.45) is 22.7 Å². The van der Waals surface area contributed by atoms with Crippen molar-refractivity contribution in [1.82, 2.24) is 0 Å². The van der Waals surface area contributed by atoms with Crippen LogP contribution in [0.3, 0.4) is 0 Å². The summed E-state index contributed by atoms with van der Waals surface area (Å²) >= 11 is 0. The first-order valence-electron chi connectivity index (χ1n) is 9.83. The minimum absolute atomic E-state index is 0.0762. The van der Waals surface area contributed by atoms with Crippen molar-refractivity contribution >= 4 is 11.6 Å². The van der Waals surface area contributed by atoms with Crippen molar-refractivity contribution < 1.29 is 24.2 Å². The predicted molar refractivity (Wildman–Crippen MR) is 95.0 cm³/mol. The lowest BCUT2D eigenvalue weighted by atomic mass is 9.43. The highest BCUT2D eigenvalue weighted by atomic mass is 16.7. The quantitative estimate of drug-likeness (QED) is 0.717. The molecule has 0 bridgehead atoms. The molecule has 0 aromatic carbocycles. The fourth-order valence-corrected chi connectivity index (χ4v) is 6.25. The van der Waals surface area contributed by atoms with Gasteiger partial charge in [0.1, 0.15) is 17.5 Å². The molecule has 144 valence electrons. The second kappa shape index (κ2) is 5.34. The molecule has 0 saturated heterocycles. The maximum atomic E-state index is 13.2. The van der Waals surface area contributed by atoms with E-state index < -0.39 is 17.1 Å². The van der Waals surface area contributed by atoms with E-state index in [2.05, 4.69) is 20.8 Å². The SMILES string of the molecule is C[C@@H]1CC(=O)C2=C(O1)O[C@]1(C)CC[C@@H]3C(C)(C)[C@H](O)CC(=O)[C@]3(C)[C@@H]1C2. The van der Waals surface area contributed by atoms with E-state index in [1.807, 2.05) is 13.8 Å². The van der Waals surface area contributed by atoms with Crippen LogP contribution in [0.5, 0.6) is 0 Å². The van der Waals surface area contributed by atoms with Gasteiger partial charge in [0.25, 0.3) is 5.95 Å². The zero-order valence-electron chi connectivity index (χ0n) is 16.4. The van der Waals surface area contributed by atoms with Crippen LogP contribution < -0.4 is 0 Å². The smallest absolute Gasteiger partial charge is 0.286 e. The van der Waals surface area contributed by atoms with Gasteiger partial charge in [0.15, 0.2) is 5.78 Å². The van der Waals surface area contributed by atoms with E-state index in [1.165, 1.54) is 0 Å². The summed E-state index contributed by atoms with van der Waals surface area (Å²) in [5.41, 5.74) is -0.836. The molecule has 2 saturated carbocycles. The molecule has 0 radical (unpaired) electrons. The molecule has 0 aromatic rings. The number of hydrogen-bond donors (Lipinski definition) is 1. The first-order valence-corrected chi connectivity index (χ1v) is 9.83. The van der Waals surface area contributed by atoms with Crippen molar-refractivity contribution in [1.29, 1.82) is 0 Å². The molecule has 2 heterocycles. The van der Waals surface area contributed by atoms with Gasteiger partial charge in [-0.15, -0.1) is 0 Å². The van der Waals surface area contributed by atoms with Crippen LogP contribution in [-0.2, 0) is 19.1 Å². The second-order valence-corrected chi connectivity index (χ2v) is 9.83. The number of Topliss-reactive ketones (excluding diaryl/α,β-unsaturated/α-hetero) is 2. The standard InChI is InChI=1S/C21H30O5/c1-11-8-13(22)12-9-15-20(4,26-18(12)25-11)7-6-14-19(2,3)16(23)10-17(24)21(14,15)5/h11,14-16,23H,6-10H2,1-5H3/t11-,14-,15-,16-,20-,21+/m1/s1. The highest BCUT2D eigenvalue weighted by Crippen LogP contribution is 2.64. The van der Waals surface area contributed by atoms with E-state index in [4.69, 9.17) is 9.47 Å². The van der Waals surface area contributed by atoms with Crippen LogP contribution in [0, 0.1) is 22.7 Å². The van der Waals surface area contributed by atoms with Crippen molar-refractivity contribution in [2.45, 2.75) is 84.5 Å². The Labute approximate surface area is 155 Å². The summed E-state index contributed by atoms with van der Waals surface area (Å²) in [5, 5.41) is 10.5. The maximum absolute atomic E-state index is 13.2. The summed E-state index contributed by atoms with van der Waals surface area (Å²) in [5.74, 6) is 0.572. The zero-order chi connectivity index (χ0) is 19.1. The topological polar surface area (TPSA) is 72.8 Å². The van der Waals surface area contributed by atoms with Gasteiger partial charge in [-0.25, -0.2) is 0 Å². The summed E-state index contributed by atoms with van der Waals surface area (Å²) in [6.45, 7) is 10.1. The van der Waals surface area contributed by atoms with Crippen LogP contribution in [0.1, 0.15) is 66.7 Å². The van der Waals surface area contributed by atoms with E-state index in [9.17, 15) is 14.7 Å². The highest BCUT2D eigenvalue weighted by molar-refractivity contribution is 5.97. The zero-order valence-corrected chi connectivity index (χ0v) is 16.4. The first kappa shape index (κ1) is 18.0. The summed E-state index contributed by atoms with van der Waals surface area (Å²) < 4.78 is 12.1. The molecular weight excluding hydrogens is 332 g/mol. The lowest BCUT2D eigenvalue weighted by Gasteiger charge is -2.63. The second-order valence-electron chi connectivity index (χ2n) is 9.83. The summed E-state index contributed by atoms with van der Waals surface area (Å²) in [6.07, 6.45) is 1.91. The Bertz CT molecular complexity index is 707. The Morgan fingerprint density at radius 1 is 1.04 bits per heavy atom. The van der Waals surface area contributed by atoms with Gasteiger partial charge < -0.3 is 14.6 Å². The van der Waals surface area contributed by atoms with Gasteiger partial charge in [-0.3, -0.25) is 9.59 Å². The first-order chi connectivity index (χ1) is 12.0. The van der Waals surface area contributed by atoms with Crippen molar-refractivity contribution in [3.05, 3.63) is 11.5 Å². The number of allylic oxidation sites excluding steroid dienone is 1. The van der Waals surface area contributed by atoms with Crippen LogP contribution >= 0.6 is 0 Å². The average molecular weight is 362 g/mol. The molecule has 2 aliphatic carbocycles. The number of rotatable bonds is 0. The molecule has 5 heteroatoms. The Morgan fingerprint density at radius 3 is 2.42 bits per heavy atom. The number of carbonyl (C=O) groups excluding carboxylic acids is 2. The molecule has 5 nitrogen and oxygen atoms in total. The maximum Gasteiger partial charge on any atom is 0.286 e. The fourth-order valence-electron chi connectivity index (χ4n) is 6.25. The minimum atomic E-state index is -0.614. The largest absolute Gasteiger partial charge is 0.462 e. The summed E-state index contributed by atoms with van der Waals surface area (Å²) in [7, 11) is 0. The summed E-state index contributed by atoms with van der Waals surface area (Å²) in [4.78, 5) is 25.8. The van der Waals surface area contributed by atoms with Gasteiger partial charge in [-0.2, -0.15) is 0 Å². The number of carbonyl (C=O) groups is 2. The summed E-state index contributed by atoms with van der Waals surface area (Å²) in [6, 6.07) is 0. The molecule has 2 aliphatic heterocycles. The van der Waals surface area contributed by atoms with Crippen molar-refractivity contribution in [3.63, 3.8) is 0 Å². The minimum Gasteiger partial charge on any atom is -0.462 e. The monoisotopic (exact) mass is 362 g/mol. The molecule has 6 atom stereocenters. The lowest BCUT2D eigenvalue weighted by molar-refractivity contribution is -0.221. The number of ketones is 2. The van der Waals surface area contributed by atoms with Crippen LogP contribution in [-0.4, -0.2) is 34.5 Å². The van der Waals surface area contributed by atoms with Crippen LogP contribution in [0.15, 0.2) is 11.5 Å². The lowest BCUT2D eigenvalue weighted by Crippen LogP contribution is -2.66. The van der Waals surface area contributed by atoms with Gasteiger partial charge in [0.05, 0.1) is 11.7 Å². The Kier molecular flexibility index (Phi) is 3.70. The normalized spacial score (nSPS) is 47.3. The van der Waals surface area contributed by atoms with Crippen LogP contribution in [0.2, 0.25) is 0 Å². The molecule has 0 spiro atoms. The van der Waals surface area contributed by atoms with E-state index >= 15 is 0 Å². The molecule has 1 N–H and O–H groups in total. The van der Waals surface area contributed by atoms with Crippen molar-refractivity contribution in [2.75, 3.05) is 0 Å². The van der Waals surface area contributed by atoms with Gasteiger partial charge >= 0.3 is 0 Å². The Morgan fingerprint density at radius 2 is 1.73 bits per heavy atom. The third-order valence-electron chi connectivity index (χ3n) is 7.95. The third-order valence-corrected chi connectivity index (χ3v) is 7.95. The van der Waals surface area contributed by atoms with E-state index in [-0.39, 0.29) is 41.3 Å². The van der Waals surface area contributed by atoms with E-state index in [0.717, 1.165) is 12.8 Å². The number of aliphatic hydroxyl groups excluding tert-OH is 1. The van der Waals surface area contributed by atoms with Crippen LogP contribution in [0.25, 0.3) is 0 Å². The van der Waals surface area contributed by atoms with E-state index in [1.54, 1.807) is 0 Å². The number of ether oxygens (including phenoxy) is 2. The van der Waals surface area contributed by atoms with Gasteiger partial charge in [0.2, 0.25) is 0 Å². The average Bonchev–Trinajstić information content (AvgIpc) is 2.51. The third kappa shape index (κ3) is 2.19. The molecule has 0 aromatic heterocycles. The molecular formula is C21H30O5. The Balaban J connectivity index is 1.79. The van der Waals surface area contributed by atoms with Crippen LogP contribution in [0.4, 0.5) is 0 Å². The fraction of sp³-hybridized carbons (Fsp3) is 0.810. The molecule has 0 unspecified atom stereocenters. The van der Waals surface area contributed by atoms with Gasteiger partial charge in [0, 0.05) is 24.2 Å². The van der Waals surface area contributed by atoms with Gasteiger partial charge in [-0.05, 0) is 44.4 Å². The molecule has 2 fully saturated rings.